The molecule has 0 aliphatic rings. The van der Waals surface area contributed by atoms with Gasteiger partial charge in [-0.2, -0.15) is 0 Å². The van der Waals surface area contributed by atoms with Crippen LogP contribution in [0.4, 0.5) is 0 Å². The average Bonchev–Trinajstić information content (AvgIpc) is 1.92. The van der Waals surface area contributed by atoms with Gasteiger partial charge in [0.1, 0.15) is 0 Å². The van der Waals surface area contributed by atoms with Crippen LogP contribution in [0.2, 0.25) is 0 Å². The molecule has 1 radical (unpaired) electrons. The van der Waals surface area contributed by atoms with Gasteiger partial charge in [-0.15, -0.1) is 0 Å². The van der Waals surface area contributed by atoms with E-state index in [1.165, 1.54) is 0 Å². The zero-order valence-corrected chi connectivity index (χ0v) is 8.25. The molecule has 0 aliphatic heterocycles. The van der Waals surface area contributed by atoms with Gasteiger partial charge in [0.2, 0.25) is 0 Å². The Kier molecular flexibility index (Phi) is 552. The second kappa shape index (κ2) is 198. The number of hydrogen-bond donors (Lipinski definition) is 0. The molecule has 0 saturated heterocycles. The smallest absolute Gasteiger partial charge is 0.724 e. The van der Waals surface area contributed by atoms with E-state index >= 15 is 0 Å². The van der Waals surface area contributed by atoms with Crippen LogP contribution in [0.25, 0.3) is 21.6 Å². The van der Waals surface area contributed by atoms with Crippen LogP contribution in [0.15, 0.2) is 0 Å². The first-order valence-corrected chi connectivity index (χ1v) is 1.71. The van der Waals surface area contributed by atoms with Crippen molar-refractivity contribution in [1.82, 2.24) is 0 Å². The number of rotatable bonds is 0. The van der Waals surface area contributed by atoms with Crippen molar-refractivity contribution in [2.45, 2.75) is 0 Å². The summed E-state index contributed by atoms with van der Waals surface area (Å²) in [6.07, 6.45) is 2.00. The van der Waals surface area contributed by atoms with Crippen molar-refractivity contribution in [2.75, 3.05) is 0 Å². The molecule has 0 spiro atoms. The van der Waals surface area contributed by atoms with Crippen molar-refractivity contribution in [1.29, 1.82) is 0 Å². The molecule has 0 aliphatic carbocycles. The molecule has 0 aromatic heterocycles. The van der Waals surface area contributed by atoms with Crippen LogP contribution < -0.4 is 0 Å². The third kappa shape index (κ3) is 455. The molecule has 0 aromatic carbocycles. The second-order valence-electron chi connectivity index (χ2n) is 0.365. The monoisotopic (exact) mass is 283 g/mol. The van der Waals surface area contributed by atoms with Crippen molar-refractivity contribution in [3.05, 3.63) is 21.6 Å². The van der Waals surface area contributed by atoms with E-state index in [0.717, 1.165) is 0 Å². The third-order valence-corrected chi connectivity index (χ3v) is 0. The number of carbonyl (C=O) groups excluding carboxylic acids is 4. The van der Waals surface area contributed by atoms with E-state index in [-0.39, 0.29) is 33.8 Å². The van der Waals surface area contributed by atoms with Crippen LogP contribution in [-0.2, 0) is 53.0 Å². The van der Waals surface area contributed by atoms with Crippen molar-refractivity contribution < 1.29 is 53.0 Å². The minimum atomic E-state index is 0. The Hall–Kier alpha value is -1.45. The van der Waals surface area contributed by atoms with Crippen molar-refractivity contribution in [3.63, 3.8) is 0 Å². The summed E-state index contributed by atoms with van der Waals surface area (Å²) in [6.45, 7) is 0. The fourth-order valence-electron chi connectivity index (χ4n) is 0. The predicted octanol–water partition coefficient (Wildman–Crippen LogP) is -0.439. The quantitative estimate of drug-likeness (QED) is 0.335. The molecule has 10 heteroatoms. The predicted molar refractivity (Wildman–Crippen MR) is 36.2 cm³/mol. The standard InChI is InChI=1S/4CNO.Co.Fe/c4*2-1-3;;/q4*-1;2*+2. The van der Waals surface area contributed by atoms with Gasteiger partial charge in [0.15, 0.2) is 0 Å². The third-order valence-electron chi connectivity index (χ3n) is 0. The molecule has 0 atom stereocenters. The number of hydrogen-bond acceptors (Lipinski definition) is 4. The van der Waals surface area contributed by atoms with Crippen molar-refractivity contribution in [2.24, 2.45) is 0 Å². The van der Waals surface area contributed by atoms with E-state index in [4.69, 9.17) is 40.8 Å². The van der Waals surface area contributed by atoms with Crippen LogP contribution in [0, 0.1) is 0 Å². The summed E-state index contributed by atoms with van der Waals surface area (Å²) in [6, 6.07) is 0. The summed E-state index contributed by atoms with van der Waals surface area (Å²) in [5.74, 6) is 0. The fourth-order valence-corrected chi connectivity index (χ4v) is 0. The number of isocyanates is 4. The molecule has 0 rings (SSSR count). The van der Waals surface area contributed by atoms with E-state index in [9.17, 15) is 0 Å². The Morgan fingerprint density at radius 3 is 0.571 bits per heavy atom. The largest absolute Gasteiger partial charge is 2.00 e. The molecule has 0 fully saturated rings. The molecule has 0 bridgehead atoms. The topological polar surface area (TPSA) is 157 Å². The SMILES string of the molecule is [Co+2].[Fe+2].[N-]=C=O.[N-]=C=O.[N-]=C=O.[N-]=C=O. The van der Waals surface area contributed by atoms with Crippen LogP contribution in [-0.4, -0.2) is 24.3 Å². The molecule has 77 valence electrons. The molecule has 0 amide bonds. The van der Waals surface area contributed by atoms with Gasteiger partial charge in [-0.1, -0.05) is 0 Å². The Labute approximate surface area is 99.2 Å². The number of nitrogens with zero attached hydrogens (tertiary/aromatic N) is 4. The molecule has 0 aromatic rings. The maximum absolute atomic E-state index is 8.24. The van der Waals surface area contributed by atoms with Crippen LogP contribution in [0.5, 0.6) is 0 Å². The van der Waals surface area contributed by atoms with Gasteiger partial charge in [-0.3, -0.25) is 19.2 Å². The van der Waals surface area contributed by atoms with E-state index in [2.05, 4.69) is 0 Å². The summed E-state index contributed by atoms with van der Waals surface area (Å²) < 4.78 is 0. The van der Waals surface area contributed by atoms with E-state index < -0.39 is 0 Å². The molecule has 0 heterocycles. The van der Waals surface area contributed by atoms with E-state index in [0.29, 0.717) is 24.3 Å². The normalized spacial score (nSPS) is 2.29. The summed E-state index contributed by atoms with van der Waals surface area (Å²) in [7, 11) is 0. The zero-order chi connectivity index (χ0) is 10.8. The van der Waals surface area contributed by atoms with Gasteiger partial charge in [0.25, 0.3) is 0 Å². The summed E-state index contributed by atoms with van der Waals surface area (Å²) in [5, 5.41) is 27.1. The molecular formula is C4CoFeN4O4. The molecule has 0 saturated carbocycles. The summed E-state index contributed by atoms with van der Waals surface area (Å²) in [4.78, 5) is 32.9. The maximum Gasteiger partial charge on any atom is 2.00 e. The van der Waals surface area contributed by atoms with Gasteiger partial charge < -0.3 is 21.6 Å². The molecule has 8 nitrogen and oxygen atoms in total. The van der Waals surface area contributed by atoms with E-state index in [1.54, 1.807) is 0 Å². The van der Waals surface area contributed by atoms with Crippen molar-refractivity contribution in [3.8, 4) is 0 Å². The maximum atomic E-state index is 8.24. The molecule has 14 heavy (non-hydrogen) atoms. The first-order chi connectivity index (χ1) is 5.66. The van der Waals surface area contributed by atoms with E-state index in [1.807, 2.05) is 0 Å². The molecule has 0 unspecified atom stereocenters. The Morgan fingerprint density at radius 2 is 0.571 bits per heavy atom. The molecular weight excluding hydrogens is 283 g/mol. The average molecular weight is 283 g/mol. The molecule has 0 N–H and O–H groups in total. The van der Waals surface area contributed by atoms with Gasteiger partial charge >= 0.3 is 33.8 Å². The fraction of sp³-hybridized carbons (Fsp3) is 0. The van der Waals surface area contributed by atoms with Crippen LogP contribution in [0.1, 0.15) is 0 Å². The Morgan fingerprint density at radius 1 is 0.571 bits per heavy atom. The van der Waals surface area contributed by atoms with Crippen LogP contribution in [0.3, 0.4) is 0 Å². The van der Waals surface area contributed by atoms with Crippen molar-refractivity contribution >= 4 is 24.3 Å². The zero-order valence-electron chi connectivity index (χ0n) is 6.11. The van der Waals surface area contributed by atoms with Gasteiger partial charge in [-0.05, 0) is 24.3 Å². The van der Waals surface area contributed by atoms with Gasteiger partial charge in [-0.25, -0.2) is 0 Å². The Bertz CT molecular complexity index is 161. The minimum absolute atomic E-state index is 0. The van der Waals surface area contributed by atoms with Gasteiger partial charge in [0.05, 0.1) is 0 Å². The second-order valence-corrected chi connectivity index (χ2v) is 0.365. The Balaban J connectivity index is -0.0000000145. The minimum Gasteiger partial charge on any atom is -0.724 e. The first-order valence-electron chi connectivity index (χ1n) is 1.71. The van der Waals surface area contributed by atoms with Gasteiger partial charge in [0, 0.05) is 0 Å². The summed E-state index contributed by atoms with van der Waals surface area (Å²) >= 11 is 0. The van der Waals surface area contributed by atoms with Crippen LogP contribution >= 0.6 is 0 Å². The first kappa shape index (κ1) is 39.0. The summed E-state index contributed by atoms with van der Waals surface area (Å²) in [5.41, 5.74) is 0.